The van der Waals surface area contributed by atoms with E-state index in [1.165, 1.54) is 25.1 Å². The number of halogens is 1. The lowest BCUT2D eigenvalue weighted by molar-refractivity contribution is 0.193. The molecule has 0 aromatic heterocycles. The molecule has 0 radical (unpaired) electrons. The highest BCUT2D eigenvalue weighted by Gasteiger charge is 2.17. The Balaban J connectivity index is 3.33. The van der Waals surface area contributed by atoms with Crippen molar-refractivity contribution in [3.05, 3.63) is 29.6 Å². The molecule has 0 aliphatic carbocycles. The van der Waals surface area contributed by atoms with Gasteiger partial charge in [0.2, 0.25) is 0 Å². The molecule has 5 heteroatoms. The van der Waals surface area contributed by atoms with Gasteiger partial charge >= 0.3 is 0 Å². The van der Waals surface area contributed by atoms with Gasteiger partial charge in [0.25, 0.3) is 0 Å². The zero-order valence-electron chi connectivity index (χ0n) is 8.57. The average molecular weight is 232 g/mol. The second-order valence-corrected chi connectivity index (χ2v) is 5.53. The zero-order chi connectivity index (χ0) is 11.6. The predicted molar refractivity (Wildman–Crippen MR) is 54.9 cm³/mol. The van der Waals surface area contributed by atoms with Gasteiger partial charge in [0, 0.05) is 18.2 Å². The van der Waals surface area contributed by atoms with E-state index in [1.54, 1.807) is 0 Å². The van der Waals surface area contributed by atoms with Crippen LogP contribution in [0, 0.1) is 5.82 Å². The first kappa shape index (κ1) is 12.1. The lowest BCUT2D eigenvalue weighted by Gasteiger charge is -2.10. The number of sulfone groups is 1. The van der Waals surface area contributed by atoms with Gasteiger partial charge in [-0.2, -0.15) is 0 Å². The van der Waals surface area contributed by atoms with E-state index in [1.807, 2.05) is 0 Å². The largest absolute Gasteiger partial charge is 0.393 e. The van der Waals surface area contributed by atoms with Crippen LogP contribution in [-0.4, -0.2) is 25.9 Å². The van der Waals surface area contributed by atoms with Crippen LogP contribution >= 0.6 is 0 Å². The Bertz CT molecular complexity index is 452. The molecule has 1 rings (SSSR count). The van der Waals surface area contributed by atoms with Gasteiger partial charge < -0.3 is 5.11 Å². The van der Waals surface area contributed by atoms with Crippen LogP contribution < -0.4 is 0 Å². The highest BCUT2D eigenvalue weighted by molar-refractivity contribution is 7.90. The highest BCUT2D eigenvalue weighted by atomic mass is 32.2. The van der Waals surface area contributed by atoms with Gasteiger partial charge in [-0.1, -0.05) is 6.07 Å². The van der Waals surface area contributed by atoms with E-state index in [9.17, 15) is 12.8 Å². The summed E-state index contributed by atoms with van der Waals surface area (Å²) < 4.78 is 36.0. The maximum Gasteiger partial charge on any atom is 0.175 e. The van der Waals surface area contributed by atoms with E-state index in [2.05, 4.69) is 0 Å². The molecule has 1 atom stereocenters. The van der Waals surface area contributed by atoms with Crippen LogP contribution in [0.25, 0.3) is 0 Å². The van der Waals surface area contributed by atoms with Crippen LogP contribution in [0.3, 0.4) is 0 Å². The third-order valence-electron chi connectivity index (χ3n) is 1.97. The monoisotopic (exact) mass is 232 g/mol. The zero-order valence-corrected chi connectivity index (χ0v) is 9.38. The smallest absolute Gasteiger partial charge is 0.175 e. The molecule has 3 nitrogen and oxygen atoms in total. The summed E-state index contributed by atoms with van der Waals surface area (Å²) in [6.45, 7) is 1.48. The topological polar surface area (TPSA) is 54.4 Å². The van der Waals surface area contributed by atoms with Gasteiger partial charge in [0.1, 0.15) is 5.82 Å². The van der Waals surface area contributed by atoms with Gasteiger partial charge in [0.15, 0.2) is 9.84 Å². The molecule has 1 unspecified atom stereocenters. The van der Waals surface area contributed by atoms with Gasteiger partial charge in [0.05, 0.1) is 11.0 Å². The number of rotatable bonds is 3. The first-order valence-electron chi connectivity index (χ1n) is 4.48. The summed E-state index contributed by atoms with van der Waals surface area (Å²) in [5, 5.41) is 9.16. The van der Waals surface area contributed by atoms with Crippen LogP contribution in [0.2, 0.25) is 0 Å². The van der Waals surface area contributed by atoms with Crippen molar-refractivity contribution in [1.82, 2.24) is 0 Å². The summed E-state index contributed by atoms with van der Waals surface area (Å²) in [7, 11) is -3.45. The normalized spacial score (nSPS) is 13.9. The van der Waals surface area contributed by atoms with Gasteiger partial charge in [-0.25, -0.2) is 12.8 Å². The molecule has 1 aromatic rings. The van der Waals surface area contributed by atoms with E-state index < -0.39 is 21.8 Å². The molecule has 1 N–H and O–H groups in total. The molecule has 0 fully saturated rings. The fourth-order valence-electron chi connectivity index (χ4n) is 1.38. The first-order valence-corrected chi connectivity index (χ1v) is 6.37. The van der Waals surface area contributed by atoms with Crippen LogP contribution in [0.4, 0.5) is 4.39 Å². The Morgan fingerprint density at radius 1 is 1.47 bits per heavy atom. The number of benzene rings is 1. The van der Waals surface area contributed by atoms with Crippen molar-refractivity contribution in [3.63, 3.8) is 0 Å². The van der Waals surface area contributed by atoms with Crippen molar-refractivity contribution >= 4 is 9.84 Å². The standard InChI is InChI=1S/C10H13FO3S/c1-7(12)6-8-9(11)4-3-5-10(8)15(2,13)14/h3-5,7,12H,6H2,1-2H3. The minimum absolute atomic E-state index is 0.00488. The third-order valence-corrected chi connectivity index (χ3v) is 3.16. The number of hydrogen-bond acceptors (Lipinski definition) is 3. The Labute approximate surface area is 88.5 Å². The van der Waals surface area contributed by atoms with Gasteiger partial charge in [-0.15, -0.1) is 0 Å². The molecule has 0 saturated heterocycles. The molecular weight excluding hydrogens is 219 g/mol. The maximum atomic E-state index is 13.4. The molecule has 0 amide bonds. The minimum atomic E-state index is -3.45. The van der Waals surface area contributed by atoms with Crippen LogP contribution in [0.5, 0.6) is 0 Å². The summed E-state index contributed by atoms with van der Waals surface area (Å²) in [5.41, 5.74) is 0.0509. The molecule has 0 aliphatic heterocycles. The molecule has 15 heavy (non-hydrogen) atoms. The summed E-state index contributed by atoms with van der Waals surface area (Å²) in [6, 6.07) is 3.87. The van der Waals surface area contributed by atoms with E-state index >= 15 is 0 Å². The molecular formula is C10H13FO3S. The van der Waals surface area contributed by atoms with E-state index in [-0.39, 0.29) is 16.9 Å². The SMILES string of the molecule is CC(O)Cc1c(F)cccc1S(C)(=O)=O. The Morgan fingerprint density at radius 3 is 2.53 bits per heavy atom. The summed E-state index contributed by atoms with van der Waals surface area (Å²) in [4.78, 5) is -0.0524. The van der Waals surface area contributed by atoms with Gasteiger partial charge in [-0.3, -0.25) is 0 Å². The summed E-state index contributed by atoms with van der Waals surface area (Å²) in [5.74, 6) is -0.598. The maximum absolute atomic E-state index is 13.4. The lowest BCUT2D eigenvalue weighted by Crippen LogP contribution is -2.11. The minimum Gasteiger partial charge on any atom is -0.393 e. The quantitative estimate of drug-likeness (QED) is 0.850. The molecule has 0 bridgehead atoms. The molecule has 1 aromatic carbocycles. The fraction of sp³-hybridized carbons (Fsp3) is 0.400. The molecule has 0 heterocycles. The average Bonchev–Trinajstić information content (AvgIpc) is 2.05. The van der Waals surface area contributed by atoms with Gasteiger partial charge in [-0.05, 0) is 19.1 Å². The van der Waals surface area contributed by atoms with E-state index in [0.29, 0.717) is 0 Å². The van der Waals surface area contributed by atoms with Crippen molar-refractivity contribution in [2.24, 2.45) is 0 Å². The van der Waals surface area contributed by atoms with Crippen molar-refractivity contribution in [1.29, 1.82) is 0 Å². The molecule has 0 spiro atoms. The number of aliphatic hydroxyl groups excluding tert-OH is 1. The summed E-state index contributed by atoms with van der Waals surface area (Å²) >= 11 is 0. The third kappa shape index (κ3) is 3.00. The lowest BCUT2D eigenvalue weighted by atomic mass is 10.1. The second kappa shape index (κ2) is 4.28. The first-order chi connectivity index (χ1) is 6.82. The Morgan fingerprint density at radius 2 is 2.07 bits per heavy atom. The number of aliphatic hydroxyl groups is 1. The molecule has 84 valence electrons. The van der Waals surface area contributed by atoms with Crippen molar-refractivity contribution in [3.8, 4) is 0 Å². The second-order valence-electron chi connectivity index (χ2n) is 3.54. The fourth-order valence-corrected chi connectivity index (χ4v) is 2.33. The summed E-state index contributed by atoms with van der Waals surface area (Å²) in [6.07, 6.45) is 0.241. The highest BCUT2D eigenvalue weighted by Crippen LogP contribution is 2.20. The van der Waals surface area contributed by atoms with E-state index in [4.69, 9.17) is 5.11 Å². The van der Waals surface area contributed by atoms with Crippen LogP contribution in [0.15, 0.2) is 23.1 Å². The van der Waals surface area contributed by atoms with Crippen LogP contribution in [0.1, 0.15) is 12.5 Å². The predicted octanol–water partition coefficient (Wildman–Crippen LogP) is 1.15. The van der Waals surface area contributed by atoms with Crippen molar-refractivity contribution in [2.45, 2.75) is 24.3 Å². The number of hydrogen-bond donors (Lipinski definition) is 1. The Hall–Kier alpha value is -0.940. The molecule has 0 aliphatic rings. The van der Waals surface area contributed by atoms with Crippen LogP contribution in [-0.2, 0) is 16.3 Å². The van der Waals surface area contributed by atoms with Crippen molar-refractivity contribution < 1.29 is 17.9 Å². The Kier molecular flexibility index (Phi) is 3.46. The molecule has 0 saturated carbocycles. The van der Waals surface area contributed by atoms with E-state index in [0.717, 1.165) is 6.26 Å². The van der Waals surface area contributed by atoms with Crippen molar-refractivity contribution in [2.75, 3.05) is 6.26 Å².